The molecule has 0 saturated carbocycles. The molecule has 114 valence electrons. The van der Waals surface area contributed by atoms with Crippen molar-refractivity contribution < 1.29 is 19.4 Å². The first-order chi connectivity index (χ1) is 10.1. The van der Waals surface area contributed by atoms with Gasteiger partial charge >= 0.3 is 12.0 Å². The van der Waals surface area contributed by atoms with Crippen molar-refractivity contribution in [2.24, 2.45) is 5.41 Å². The van der Waals surface area contributed by atoms with Crippen molar-refractivity contribution in [1.82, 2.24) is 15.6 Å². The Hall–Kier alpha value is -2.15. The van der Waals surface area contributed by atoms with Crippen LogP contribution in [-0.2, 0) is 16.1 Å². The van der Waals surface area contributed by atoms with Crippen molar-refractivity contribution in [2.45, 2.75) is 19.4 Å². The number of carboxylic acids is 1. The summed E-state index contributed by atoms with van der Waals surface area (Å²) in [6, 6.07) is 3.23. The Labute approximate surface area is 122 Å². The van der Waals surface area contributed by atoms with Crippen molar-refractivity contribution in [2.75, 3.05) is 19.8 Å². The van der Waals surface area contributed by atoms with E-state index in [1.54, 1.807) is 24.5 Å². The molecule has 1 aliphatic heterocycles. The minimum absolute atomic E-state index is 0.105. The lowest BCUT2D eigenvalue weighted by atomic mass is 9.80. The summed E-state index contributed by atoms with van der Waals surface area (Å²) in [6.07, 6.45) is 4.12. The van der Waals surface area contributed by atoms with Crippen LogP contribution in [0.3, 0.4) is 0 Å². The van der Waals surface area contributed by atoms with Crippen LogP contribution in [0, 0.1) is 5.41 Å². The number of carbonyl (C=O) groups is 2. The Morgan fingerprint density at radius 2 is 1.90 bits per heavy atom. The third-order valence-electron chi connectivity index (χ3n) is 3.69. The topological polar surface area (TPSA) is 101 Å². The lowest BCUT2D eigenvalue weighted by molar-refractivity contribution is -0.154. The molecule has 1 saturated heterocycles. The second-order valence-electron chi connectivity index (χ2n) is 5.09. The normalized spacial score (nSPS) is 17.0. The SMILES string of the molecule is O=C(NCc1ccncc1)NCC1(C(=O)O)CCOCC1. The Morgan fingerprint density at radius 3 is 2.52 bits per heavy atom. The maximum Gasteiger partial charge on any atom is 0.315 e. The fourth-order valence-corrected chi connectivity index (χ4v) is 2.22. The summed E-state index contributed by atoms with van der Waals surface area (Å²) in [4.78, 5) is 27.1. The molecule has 2 rings (SSSR count). The van der Waals surface area contributed by atoms with E-state index in [1.165, 1.54) is 0 Å². The molecule has 7 nitrogen and oxygen atoms in total. The molecule has 0 spiro atoms. The second-order valence-corrected chi connectivity index (χ2v) is 5.09. The molecule has 1 fully saturated rings. The summed E-state index contributed by atoms with van der Waals surface area (Å²) in [5.74, 6) is -0.889. The van der Waals surface area contributed by atoms with E-state index in [4.69, 9.17) is 4.74 Å². The zero-order valence-corrected chi connectivity index (χ0v) is 11.7. The predicted octanol–water partition coefficient (Wildman–Crippen LogP) is 0.762. The number of carboxylic acid groups (broad SMARTS) is 1. The zero-order chi connectivity index (χ0) is 15.1. The van der Waals surface area contributed by atoms with Gasteiger partial charge in [-0.1, -0.05) is 0 Å². The molecule has 0 radical (unpaired) electrons. The number of nitrogens with zero attached hydrogens (tertiary/aromatic N) is 1. The minimum atomic E-state index is -0.924. The molecule has 0 aromatic carbocycles. The van der Waals surface area contributed by atoms with Crippen LogP contribution in [-0.4, -0.2) is 41.8 Å². The molecule has 3 N–H and O–H groups in total. The number of ether oxygens (including phenoxy) is 1. The van der Waals surface area contributed by atoms with Crippen molar-refractivity contribution in [3.63, 3.8) is 0 Å². The van der Waals surface area contributed by atoms with Gasteiger partial charge in [-0.3, -0.25) is 9.78 Å². The van der Waals surface area contributed by atoms with Gasteiger partial charge in [-0.05, 0) is 30.5 Å². The Kier molecular flexibility index (Phi) is 5.10. The van der Waals surface area contributed by atoms with Crippen molar-refractivity contribution in [1.29, 1.82) is 0 Å². The van der Waals surface area contributed by atoms with Gasteiger partial charge in [0.15, 0.2) is 0 Å². The highest BCUT2D eigenvalue weighted by molar-refractivity contribution is 5.78. The lowest BCUT2D eigenvalue weighted by Crippen LogP contribution is -2.48. The van der Waals surface area contributed by atoms with E-state index in [-0.39, 0.29) is 12.6 Å². The maximum absolute atomic E-state index is 11.8. The van der Waals surface area contributed by atoms with Gasteiger partial charge in [0, 0.05) is 38.7 Å². The van der Waals surface area contributed by atoms with Crippen LogP contribution in [0.2, 0.25) is 0 Å². The quantitative estimate of drug-likeness (QED) is 0.744. The summed E-state index contributed by atoms with van der Waals surface area (Å²) < 4.78 is 5.19. The van der Waals surface area contributed by atoms with Crippen molar-refractivity contribution in [3.05, 3.63) is 30.1 Å². The summed E-state index contributed by atoms with van der Waals surface area (Å²) in [5.41, 5.74) is 0.00543. The van der Waals surface area contributed by atoms with Crippen molar-refractivity contribution >= 4 is 12.0 Å². The van der Waals surface area contributed by atoms with Crippen LogP contribution in [0.1, 0.15) is 18.4 Å². The van der Waals surface area contributed by atoms with Gasteiger partial charge < -0.3 is 20.5 Å². The molecule has 7 heteroatoms. The molecule has 0 aliphatic carbocycles. The highest BCUT2D eigenvalue weighted by Crippen LogP contribution is 2.29. The molecule has 1 aliphatic rings. The third-order valence-corrected chi connectivity index (χ3v) is 3.69. The number of aliphatic carboxylic acids is 1. The first kappa shape index (κ1) is 15.2. The number of urea groups is 1. The van der Waals surface area contributed by atoms with Crippen molar-refractivity contribution in [3.8, 4) is 0 Å². The molecular weight excluding hydrogens is 274 g/mol. The Balaban J connectivity index is 1.80. The number of pyridine rings is 1. The first-order valence-corrected chi connectivity index (χ1v) is 6.84. The molecule has 1 aromatic heterocycles. The fourth-order valence-electron chi connectivity index (χ4n) is 2.22. The van der Waals surface area contributed by atoms with E-state index in [0.29, 0.717) is 32.6 Å². The number of carbonyl (C=O) groups excluding carboxylic acids is 1. The van der Waals surface area contributed by atoms with Gasteiger partial charge in [-0.2, -0.15) is 0 Å². The number of rotatable bonds is 5. The summed E-state index contributed by atoms with van der Waals surface area (Å²) in [7, 11) is 0. The fraction of sp³-hybridized carbons (Fsp3) is 0.500. The average Bonchev–Trinajstić information content (AvgIpc) is 2.52. The summed E-state index contributed by atoms with van der Waals surface area (Å²) >= 11 is 0. The van der Waals surface area contributed by atoms with E-state index in [1.807, 2.05) is 0 Å². The molecular formula is C14H19N3O4. The highest BCUT2D eigenvalue weighted by atomic mass is 16.5. The standard InChI is InChI=1S/C14H19N3O4/c18-12(19)14(3-7-21-8-4-14)10-17-13(20)16-9-11-1-5-15-6-2-11/h1-2,5-6H,3-4,7-10H2,(H,18,19)(H2,16,17,20). The number of amides is 2. The van der Waals surface area contributed by atoms with Crippen LogP contribution in [0.4, 0.5) is 4.79 Å². The average molecular weight is 293 g/mol. The molecule has 2 heterocycles. The van der Waals surface area contributed by atoms with Crippen LogP contribution in [0.5, 0.6) is 0 Å². The van der Waals surface area contributed by atoms with E-state index in [0.717, 1.165) is 5.56 Å². The van der Waals surface area contributed by atoms with Gasteiger partial charge in [0.1, 0.15) is 0 Å². The van der Waals surface area contributed by atoms with E-state index in [9.17, 15) is 14.7 Å². The third kappa shape index (κ3) is 4.16. The van der Waals surface area contributed by atoms with Gasteiger partial charge in [0.25, 0.3) is 0 Å². The number of hydrogen-bond donors (Lipinski definition) is 3. The van der Waals surface area contributed by atoms with Gasteiger partial charge in [0.05, 0.1) is 5.41 Å². The van der Waals surface area contributed by atoms with E-state index in [2.05, 4.69) is 15.6 Å². The number of nitrogens with one attached hydrogen (secondary N) is 2. The van der Waals surface area contributed by atoms with Gasteiger partial charge in [0.2, 0.25) is 0 Å². The Bertz CT molecular complexity index is 486. The van der Waals surface area contributed by atoms with Crippen LogP contribution < -0.4 is 10.6 Å². The summed E-state index contributed by atoms with van der Waals surface area (Å²) in [5, 5.41) is 14.7. The molecule has 2 amide bonds. The lowest BCUT2D eigenvalue weighted by Gasteiger charge is -2.33. The van der Waals surface area contributed by atoms with Gasteiger partial charge in [-0.25, -0.2) is 4.79 Å². The number of aromatic nitrogens is 1. The molecule has 21 heavy (non-hydrogen) atoms. The highest BCUT2D eigenvalue weighted by Gasteiger charge is 2.40. The van der Waals surface area contributed by atoms with Crippen LogP contribution in [0.25, 0.3) is 0 Å². The predicted molar refractivity (Wildman–Crippen MR) is 74.6 cm³/mol. The molecule has 0 unspecified atom stereocenters. The minimum Gasteiger partial charge on any atom is -0.481 e. The molecule has 0 atom stereocenters. The monoisotopic (exact) mass is 293 g/mol. The van der Waals surface area contributed by atoms with Crippen LogP contribution >= 0.6 is 0 Å². The largest absolute Gasteiger partial charge is 0.481 e. The smallest absolute Gasteiger partial charge is 0.315 e. The first-order valence-electron chi connectivity index (χ1n) is 6.84. The summed E-state index contributed by atoms with van der Waals surface area (Å²) in [6.45, 7) is 1.30. The van der Waals surface area contributed by atoms with E-state index >= 15 is 0 Å². The van der Waals surface area contributed by atoms with E-state index < -0.39 is 11.4 Å². The molecule has 1 aromatic rings. The maximum atomic E-state index is 11.8. The van der Waals surface area contributed by atoms with Gasteiger partial charge in [-0.15, -0.1) is 0 Å². The second kappa shape index (κ2) is 7.03. The van der Waals surface area contributed by atoms with Crippen LogP contribution in [0.15, 0.2) is 24.5 Å². The number of hydrogen-bond acceptors (Lipinski definition) is 4. The zero-order valence-electron chi connectivity index (χ0n) is 11.7. The Morgan fingerprint density at radius 1 is 1.24 bits per heavy atom. The molecule has 0 bridgehead atoms.